The third-order valence-electron chi connectivity index (χ3n) is 30.1. The molecule has 0 spiro atoms. The molecule has 0 amide bonds. The highest BCUT2D eigenvalue weighted by Gasteiger charge is 2.36. The van der Waals surface area contributed by atoms with E-state index in [0.717, 1.165) is 219 Å². The van der Waals surface area contributed by atoms with E-state index in [1.165, 1.54) is 111 Å². The molecule has 149 heavy (non-hydrogen) atoms. The van der Waals surface area contributed by atoms with Gasteiger partial charge in [0.25, 0.3) is 0 Å². The maximum absolute atomic E-state index is 12.0. The van der Waals surface area contributed by atoms with Gasteiger partial charge in [0.1, 0.15) is 28.8 Å². The van der Waals surface area contributed by atoms with Crippen LogP contribution in [-0.4, -0.2) is 116 Å². The third-order valence-corrected chi connectivity index (χ3v) is 30.1. The van der Waals surface area contributed by atoms with Crippen LogP contribution in [-0.2, 0) is 31.9 Å². The molecule has 23 rings (SSSR count). The van der Waals surface area contributed by atoms with E-state index in [1.807, 2.05) is 179 Å². The third kappa shape index (κ3) is 21.1. The van der Waals surface area contributed by atoms with Crippen LogP contribution in [0.1, 0.15) is 230 Å². The van der Waals surface area contributed by atoms with Crippen LogP contribution in [0.2, 0.25) is 0 Å². The number of benzene rings is 3. The number of esters is 2. The maximum atomic E-state index is 12.0. The Kier molecular flexibility index (Phi) is 29.9. The molecule has 3 aromatic carbocycles. The average Bonchev–Trinajstić information content (AvgIpc) is 1.62. The van der Waals surface area contributed by atoms with Crippen molar-refractivity contribution in [2.75, 3.05) is 14.2 Å². The molecule has 17 heterocycles. The van der Waals surface area contributed by atoms with Gasteiger partial charge in [-0.1, -0.05) is 169 Å². The van der Waals surface area contributed by atoms with Crippen molar-refractivity contribution in [1.82, 2.24) is 83.8 Å². The molecule has 3 fully saturated rings. The fourth-order valence-electron chi connectivity index (χ4n) is 22.8. The molecule has 3 saturated carbocycles. The molecule has 17 aromatic heterocycles. The molecular formula is C123H123N17O9. The van der Waals surface area contributed by atoms with Gasteiger partial charge in [-0.2, -0.15) is 0 Å². The van der Waals surface area contributed by atoms with Gasteiger partial charge >= 0.3 is 11.9 Å². The van der Waals surface area contributed by atoms with Crippen molar-refractivity contribution >= 4 is 61.9 Å². The number of pyridine rings is 9. The van der Waals surface area contributed by atoms with Gasteiger partial charge < -0.3 is 45.8 Å². The van der Waals surface area contributed by atoms with Gasteiger partial charge in [0, 0.05) is 165 Å². The lowest BCUT2D eigenvalue weighted by molar-refractivity contribution is -0.139. The van der Waals surface area contributed by atoms with E-state index in [1.54, 1.807) is 19.1 Å². The van der Waals surface area contributed by atoms with E-state index in [-0.39, 0.29) is 48.3 Å². The standard InChI is InChI=1S/C33H34N4O3.C33H34N4O2.C32H32N4O3.C25H23N5O/c1-21-31(22(2)40-36-21)26-18-29-32(35-19-26)27(24-14-12-23(13-15-24)17-30(38)39-3)20-37(29)33(25-9-5-4-6-10-25)28-11-7-8-16-34-28;1-21(38)17-24-12-14-25(15-13-24)28-20-37(33(26-9-5-4-6-10-26)29-11-7-8-16-34-29)30-18-27(19-35-32(28)30)31-22(2)36-39-23(31)3;1-20-29(21(2)39-35-20)25-17-28-30(34-18-25)26(22-12-14-24(15-13-22)32(37)38-3)19-36(28)31(23-9-5-4-6-10-23)27-11-7-8-16-33-27;1-15-8-9-19(12-27-15)21-14-30(17(3)22-7-5-6-10-26-22)23-11-20(13-28-25(21)23)24-16(2)29-31-18(24)4/h7-8,11-16,18-20,25,33H,4-6,9-10,17H2,1-3H3;7-8,11-16,18-20,26,33H,4-6,9-10,17H2,1-3H3;7-8,11-19,23,31H,4-6,9-10H2,1-3H3;5-14,17H,1-4H3/t;;;17-/m...0/s1. The minimum absolute atomic E-state index is 0.0394. The van der Waals surface area contributed by atoms with Crippen LogP contribution < -0.4 is 0 Å². The fourth-order valence-corrected chi connectivity index (χ4v) is 22.8. The smallest absolute Gasteiger partial charge is 0.337 e. The van der Waals surface area contributed by atoms with Gasteiger partial charge in [-0.05, 0) is 251 Å². The minimum atomic E-state index is -0.348. The molecule has 3 aliphatic carbocycles. The average molecular weight is 1980 g/mol. The lowest BCUT2D eigenvalue weighted by Gasteiger charge is -2.31. The quantitative estimate of drug-likeness (QED) is 0.0507. The highest BCUT2D eigenvalue weighted by Crippen LogP contribution is 2.49. The maximum Gasteiger partial charge on any atom is 0.337 e. The van der Waals surface area contributed by atoms with Crippen molar-refractivity contribution in [1.29, 1.82) is 0 Å². The van der Waals surface area contributed by atoms with Gasteiger partial charge in [0.05, 0.1) is 140 Å². The van der Waals surface area contributed by atoms with E-state index in [9.17, 15) is 14.4 Å². The first-order valence-electron chi connectivity index (χ1n) is 51.9. The lowest BCUT2D eigenvalue weighted by atomic mass is 9.82. The summed E-state index contributed by atoms with van der Waals surface area (Å²) < 4.78 is 41.1. The highest BCUT2D eigenvalue weighted by molar-refractivity contribution is 6.00. The number of Topliss-reactive ketones (excluding diaryl/α,β-unsaturated/α-hetero) is 1. The Hall–Kier alpha value is -16.4. The Bertz CT molecular complexity index is 8050. The zero-order valence-electron chi connectivity index (χ0n) is 86.7. The fraction of sp³-hybridized carbons (Fsp3) is 0.301. The van der Waals surface area contributed by atoms with Crippen LogP contribution in [0.5, 0.6) is 0 Å². The van der Waals surface area contributed by atoms with Crippen molar-refractivity contribution in [3.05, 3.63) is 354 Å². The summed E-state index contributed by atoms with van der Waals surface area (Å²) in [6.07, 6.45) is 45.0. The number of carbonyl (C=O) groups excluding carboxylic acids is 3. The van der Waals surface area contributed by atoms with E-state index in [2.05, 4.69) is 190 Å². The topological polar surface area (TPSA) is 310 Å². The minimum Gasteiger partial charge on any atom is -0.469 e. The number of carbonyl (C=O) groups is 3. The van der Waals surface area contributed by atoms with E-state index in [0.29, 0.717) is 29.7 Å². The predicted octanol–water partition coefficient (Wildman–Crippen LogP) is 27.9. The Balaban J connectivity index is 0.000000121. The number of rotatable bonds is 24. The molecule has 4 atom stereocenters. The zero-order chi connectivity index (χ0) is 103. The first-order valence-corrected chi connectivity index (χ1v) is 51.9. The van der Waals surface area contributed by atoms with E-state index < -0.39 is 0 Å². The SMILES string of the molecule is CC(=O)Cc1ccc(-c2cn(C(c3ccccn3)C3CCCCC3)c3cc(-c4c(C)noc4C)cnc23)cc1.COC(=O)Cc1ccc(-c2cn(C(c3ccccn3)C3CCCCC3)c3cc(-c4c(C)noc4C)cnc23)cc1.COC(=O)c1ccc(-c2cn(C(c3ccccn3)C3CCCCC3)c3cc(-c4c(C)noc4C)cnc23)cc1.Cc1ccc(-c2cn([C@@H](C)c3ccccn3)c3cc(-c4c(C)noc4C)cnc23)cn1. The number of hydrogen-bond acceptors (Lipinski definition) is 22. The molecule has 0 aliphatic heterocycles. The molecule has 20 aromatic rings. The van der Waals surface area contributed by atoms with Gasteiger partial charge in [-0.25, -0.2) is 4.79 Å². The first-order chi connectivity index (χ1) is 72.6. The normalized spacial score (nSPS) is 14.4. The molecule has 0 N–H and O–H groups in total. The van der Waals surface area contributed by atoms with Gasteiger partial charge in [0.2, 0.25) is 0 Å². The second kappa shape index (κ2) is 44.5. The summed E-state index contributed by atoms with van der Waals surface area (Å²) >= 11 is 0. The van der Waals surface area contributed by atoms with Crippen molar-refractivity contribution in [3.63, 3.8) is 0 Å². The summed E-state index contributed by atoms with van der Waals surface area (Å²) in [5, 5.41) is 16.7. The van der Waals surface area contributed by atoms with Crippen LogP contribution in [0.4, 0.5) is 0 Å². The number of aromatic nitrogens is 17. The Morgan fingerprint density at radius 1 is 0.329 bits per heavy atom. The van der Waals surface area contributed by atoms with Crippen molar-refractivity contribution in [2.24, 2.45) is 17.8 Å². The number of aryl methyl sites for hydroxylation is 9. The number of ether oxygens (including phenoxy) is 2. The van der Waals surface area contributed by atoms with E-state index in [4.69, 9.17) is 62.5 Å². The van der Waals surface area contributed by atoms with Crippen molar-refractivity contribution in [2.45, 2.75) is 209 Å². The van der Waals surface area contributed by atoms with Gasteiger partial charge in [-0.3, -0.25) is 54.4 Å². The molecular weight excluding hydrogens is 1860 g/mol. The second-order valence-corrected chi connectivity index (χ2v) is 40.0. The first kappa shape index (κ1) is 99.9. The molecule has 3 unspecified atom stereocenters. The van der Waals surface area contributed by atoms with Crippen molar-refractivity contribution in [3.8, 4) is 89.0 Å². The van der Waals surface area contributed by atoms with E-state index >= 15 is 0 Å². The monoisotopic (exact) mass is 1980 g/mol. The highest BCUT2D eigenvalue weighted by atomic mass is 16.5. The Labute approximate surface area is 866 Å². The largest absolute Gasteiger partial charge is 0.469 e. The summed E-state index contributed by atoms with van der Waals surface area (Å²) in [4.78, 5) is 79.1. The summed E-state index contributed by atoms with van der Waals surface area (Å²) in [5.41, 5.74) is 35.4. The molecule has 0 radical (unpaired) electrons. The van der Waals surface area contributed by atoms with Crippen LogP contribution in [0, 0.1) is 80.1 Å². The Morgan fingerprint density at radius 3 is 0.926 bits per heavy atom. The summed E-state index contributed by atoms with van der Waals surface area (Å²) in [7, 11) is 2.81. The molecule has 26 nitrogen and oxygen atoms in total. The molecule has 754 valence electrons. The second-order valence-electron chi connectivity index (χ2n) is 40.0. The Morgan fingerprint density at radius 2 is 0.631 bits per heavy atom. The molecule has 3 aliphatic rings. The predicted molar refractivity (Wildman–Crippen MR) is 579 cm³/mol. The van der Waals surface area contributed by atoms with Gasteiger partial charge in [-0.15, -0.1) is 0 Å². The molecule has 26 heteroatoms. The molecule has 0 saturated heterocycles. The van der Waals surface area contributed by atoms with Crippen molar-refractivity contribution < 1.29 is 41.9 Å². The van der Waals surface area contributed by atoms with Gasteiger partial charge in [0.15, 0.2) is 0 Å². The van der Waals surface area contributed by atoms with Crippen LogP contribution >= 0.6 is 0 Å². The summed E-state index contributed by atoms with van der Waals surface area (Å²) in [6.45, 7) is 21.4. The summed E-state index contributed by atoms with van der Waals surface area (Å²) in [5.74, 6) is 4.17. The summed E-state index contributed by atoms with van der Waals surface area (Å²) in [6, 6.07) is 61.9. The lowest BCUT2D eigenvalue weighted by Crippen LogP contribution is -2.23. The number of nitrogens with zero attached hydrogens (tertiary/aromatic N) is 17. The number of ketones is 1. The number of fused-ring (bicyclic) bond motifs is 4. The van der Waals surface area contributed by atoms with Crippen LogP contribution in [0.25, 0.3) is 133 Å². The van der Waals surface area contributed by atoms with Crippen LogP contribution in [0.3, 0.4) is 0 Å². The van der Waals surface area contributed by atoms with Crippen LogP contribution in [0.15, 0.2) is 281 Å². The zero-order valence-corrected chi connectivity index (χ0v) is 86.7. The molecule has 0 bridgehead atoms. The number of hydrogen-bond donors (Lipinski definition) is 0. The number of methoxy groups -OCH3 is 2.